The van der Waals surface area contributed by atoms with Gasteiger partial charge in [0.2, 0.25) is 5.91 Å². The Morgan fingerprint density at radius 1 is 1.30 bits per heavy atom. The van der Waals surface area contributed by atoms with Gasteiger partial charge >= 0.3 is 0 Å². The van der Waals surface area contributed by atoms with Gasteiger partial charge < -0.3 is 10.6 Å². The first-order valence-corrected chi connectivity index (χ1v) is 6.55. The van der Waals surface area contributed by atoms with Crippen LogP contribution in [-0.2, 0) is 16.0 Å². The number of imide groups is 1. The van der Waals surface area contributed by atoms with Crippen LogP contribution >= 0.6 is 0 Å². The number of hydrogen-bond donors (Lipinski definition) is 1. The van der Waals surface area contributed by atoms with E-state index >= 15 is 0 Å². The maximum Gasteiger partial charge on any atom is 0.260 e. The van der Waals surface area contributed by atoms with Gasteiger partial charge in [-0.05, 0) is 12.0 Å². The third-order valence-electron chi connectivity index (χ3n) is 3.38. The van der Waals surface area contributed by atoms with Crippen LogP contribution in [0.15, 0.2) is 41.7 Å². The van der Waals surface area contributed by atoms with Gasteiger partial charge in [-0.15, -0.1) is 0 Å². The van der Waals surface area contributed by atoms with Crippen molar-refractivity contribution in [2.24, 2.45) is 5.73 Å². The second-order valence-electron chi connectivity index (χ2n) is 5.02. The average Bonchev–Trinajstić information content (AvgIpc) is 2.80. The molecule has 1 saturated heterocycles. The third-order valence-corrected chi connectivity index (χ3v) is 3.38. The van der Waals surface area contributed by atoms with E-state index < -0.39 is 0 Å². The molecule has 1 aliphatic heterocycles. The summed E-state index contributed by atoms with van der Waals surface area (Å²) in [5.74, 6) is -0.00935. The molecule has 1 aromatic rings. The van der Waals surface area contributed by atoms with Crippen LogP contribution in [-0.4, -0.2) is 42.3 Å². The summed E-state index contributed by atoms with van der Waals surface area (Å²) in [6.07, 6.45) is 0.755. The lowest BCUT2D eigenvalue weighted by Gasteiger charge is -2.16. The molecule has 1 heterocycles. The highest BCUT2D eigenvalue weighted by Crippen LogP contribution is 2.20. The Morgan fingerprint density at radius 2 is 1.95 bits per heavy atom. The van der Waals surface area contributed by atoms with Crippen LogP contribution in [0.2, 0.25) is 0 Å². The van der Waals surface area contributed by atoms with E-state index in [1.54, 1.807) is 19.0 Å². The van der Waals surface area contributed by atoms with E-state index in [-0.39, 0.29) is 18.2 Å². The molecule has 106 valence electrons. The summed E-state index contributed by atoms with van der Waals surface area (Å²) in [5.41, 5.74) is 7.30. The zero-order valence-corrected chi connectivity index (χ0v) is 11.8. The van der Waals surface area contributed by atoms with Crippen LogP contribution < -0.4 is 5.73 Å². The predicted octanol–water partition coefficient (Wildman–Crippen LogP) is 0.720. The Morgan fingerprint density at radius 3 is 2.55 bits per heavy atom. The van der Waals surface area contributed by atoms with Gasteiger partial charge in [0.15, 0.2) is 0 Å². The number of benzene rings is 1. The summed E-state index contributed by atoms with van der Waals surface area (Å²) in [7, 11) is 3.56. The fraction of sp³-hybridized carbons (Fsp3) is 0.333. The largest absolute Gasteiger partial charge is 0.385 e. The maximum absolute atomic E-state index is 12.2. The van der Waals surface area contributed by atoms with Gasteiger partial charge in [-0.3, -0.25) is 14.5 Å². The molecule has 5 nitrogen and oxygen atoms in total. The molecule has 0 aromatic heterocycles. The van der Waals surface area contributed by atoms with E-state index in [0.717, 1.165) is 5.56 Å². The molecule has 5 heteroatoms. The van der Waals surface area contributed by atoms with E-state index in [0.29, 0.717) is 24.4 Å². The van der Waals surface area contributed by atoms with Crippen molar-refractivity contribution in [3.8, 4) is 0 Å². The lowest BCUT2D eigenvalue weighted by molar-refractivity contribution is -0.140. The number of rotatable bonds is 3. The monoisotopic (exact) mass is 273 g/mol. The van der Waals surface area contributed by atoms with Gasteiger partial charge in [0.05, 0.1) is 12.0 Å². The fourth-order valence-electron chi connectivity index (χ4n) is 2.21. The Labute approximate surface area is 118 Å². The minimum atomic E-state index is -0.267. The molecule has 2 rings (SSSR count). The highest BCUT2D eigenvalue weighted by molar-refractivity contribution is 6.07. The Hall–Kier alpha value is -2.30. The van der Waals surface area contributed by atoms with Crippen LogP contribution in [0.4, 0.5) is 0 Å². The minimum absolute atomic E-state index is 0.178. The minimum Gasteiger partial charge on any atom is -0.385 e. The van der Waals surface area contributed by atoms with E-state index in [9.17, 15) is 9.59 Å². The van der Waals surface area contributed by atoms with Gasteiger partial charge in [-0.2, -0.15) is 0 Å². The zero-order valence-electron chi connectivity index (χ0n) is 11.8. The predicted molar refractivity (Wildman–Crippen MR) is 76.4 cm³/mol. The summed E-state index contributed by atoms with van der Waals surface area (Å²) < 4.78 is 0. The summed E-state index contributed by atoms with van der Waals surface area (Å²) in [6, 6.07) is 9.41. The topological polar surface area (TPSA) is 66.6 Å². The molecule has 0 unspecified atom stereocenters. The average molecular weight is 273 g/mol. The standard InChI is InChI=1S/C15H19N3O2/c1-17(2)14(16)12-8-9-18(15(12)20)13(19)10-11-6-4-3-5-7-11/h3-7H,8-10,16H2,1-2H3/b14-12+. The number of likely N-dealkylation sites (tertiary alicyclic amines) is 1. The normalized spacial score (nSPS) is 17.3. The number of hydrogen-bond acceptors (Lipinski definition) is 4. The molecule has 0 aliphatic carbocycles. The van der Waals surface area contributed by atoms with Crippen molar-refractivity contribution in [1.29, 1.82) is 0 Å². The second kappa shape index (κ2) is 5.77. The van der Waals surface area contributed by atoms with Gasteiger partial charge in [-0.25, -0.2) is 0 Å². The fourth-order valence-corrected chi connectivity index (χ4v) is 2.21. The Kier molecular flexibility index (Phi) is 4.08. The number of amides is 2. The van der Waals surface area contributed by atoms with Crippen molar-refractivity contribution < 1.29 is 9.59 Å². The molecule has 1 aromatic carbocycles. The van der Waals surface area contributed by atoms with Crippen LogP contribution in [0.3, 0.4) is 0 Å². The van der Waals surface area contributed by atoms with Crippen molar-refractivity contribution in [3.05, 3.63) is 47.3 Å². The van der Waals surface area contributed by atoms with Crippen LogP contribution in [0, 0.1) is 0 Å². The van der Waals surface area contributed by atoms with Crippen molar-refractivity contribution in [2.45, 2.75) is 12.8 Å². The van der Waals surface area contributed by atoms with Gasteiger partial charge in [0.1, 0.15) is 5.82 Å². The number of carbonyl (C=O) groups excluding carboxylic acids is 2. The van der Waals surface area contributed by atoms with Crippen molar-refractivity contribution in [2.75, 3.05) is 20.6 Å². The van der Waals surface area contributed by atoms with Crippen molar-refractivity contribution >= 4 is 11.8 Å². The summed E-state index contributed by atoms with van der Waals surface area (Å²) in [4.78, 5) is 27.4. The Bertz CT molecular complexity index is 549. The maximum atomic E-state index is 12.2. The molecular weight excluding hydrogens is 254 g/mol. The lowest BCUT2D eigenvalue weighted by Crippen LogP contribution is -2.34. The van der Waals surface area contributed by atoms with Gasteiger partial charge in [0.25, 0.3) is 5.91 Å². The highest BCUT2D eigenvalue weighted by Gasteiger charge is 2.32. The number of nitrogens with zero attached hydrogens (tertiary/aromatic N) is 2. The van der Waals surface area contributed by atoms with Crippen LogP contribution in [0.1, 0.15) is 12.0 Å². The first-order chi connectivity index (χ1) is 9.50. The molecule has 0 saturated carbocycles. The number of carbonyl (C=O) groups is 2. The molecule has 2 amide bonds. The Balaban J connectivity index is 2.10. The number of nitrogens with two attached hydrogens (primary N) is 1. The van der Waals surface area contributed by atoms with E-state index in [1.807, 2.05) is 30.3 Å². The summed E-state index contributed by atoms with van der Waals surface area (Å²) in [5, 5.41) is 0. The summed E-state index contributed by atoms with van der Waals surface area (Å²) in [6.45, 7) is 0.411. The van der Waals surface area contributed by atoms with Crippen molar-refractivity contribution in [3.63, 3.8) is 0 Å². The highest BCUT2D eigenvalue weighted by atomic mass is 16.2. The molecule has 1 aliphatic rings. The second-order valence-corrected chi connectivity index (χ2v) is 5.02. The molecule has 1 fully saturated rings. The van der Waals surface area contributed by atoms with E-state index in [1.165, 1.54) is 4.90 Å². The molecule has 0 spiro atoms. The SMILES string of the molecule is CN(C)/C(N)=C1\CCN(C(=O)Cc2ccccc2)C1=O. The van der Waals surface area contributed by atoms with Crippen LogP contribution in [0.5, 0.6) is 0 Å². The molecule has 0 bridgehead atoms. The summed E-state index contributed by atoms with van der Waals surface area (Å²) >= 11 is 0. The van der Waals surface area contributed by atoms with Crippen molar-refractivity contribution in [1.82, 2.24) is 9.80 Å². The van der Waals surface area contributed by atoms with Gasteiger partial charge in [0, 0.05) is 20.6 Å². The van der Waals surface area contributed by atoms with Gasteiger partial charge in [-0.1, -0.05) is 30.3 Å². The third kappa shape index (κ3) is 2.82. The van der Waals surface area contributed by atoms with Crippen LogP contribution in [0.25, 0.3) is 0 Å². The first-order valence-electron chi connectivity index (χ1n) is 6.55. The van der Waals surface area contributed by atoms with E-state index in [4.69, 9.17) is 5.73 Å². The quantitative estimate of drug-likeness (QED) is 0.824. The van der Waals surface area contributed by atoms with E-state index in [2.05, 4.69) is 0 Å². The molecule has 0 radical (unpaired) electrons. The smallest absolute Gasteiger partial charge is 0.260 e. The molecule has 20 heavy (non-hydrogen) atoms. The molecular formula is C15H19N3O2. The molecule has 2 N–H and O–H groups in total. The first kappa shape index (κ1) is 14.1. The molecule has 0 atom stereocenters. The lowest BCUT2D eigenvalue weighted by atomic mass is 10.1. The zero-order chi connectivity index (χ0) is 14.7.